The van der Waals surface area contributed by atoms with Crippen LogP contribution in [0.4, 0.5) is 0 Å². The lowest BCUT2D eigenvalue weighted by Gasteiger charge is -2.76. The van der Waals surface area contributed by atoms with Crippen LogP contribution in [0, 0.1) is 76.4 Å². The molecule has 0 heterocycles. The van der Waals surface area contributed by atoms with Gasteiger partial charge in [-0.05, 0) is 76.4 Å². The van der Waals surface area contributed by atoms with Crippen molar-refractivity contribution in [2.75, 3.05) is 0 Å². The molecule has 0 aromatic carbocycles. The molecule has 0 amide bonds. The van der Waals surface area contributed by atoms with Gasteiger partial charge in [-0.2, -0.15) is 0 Å². The minimum absolute atomic E-state index is 1.09. The van der Waals surface area contributed by atoms with Crippen molar-refractivity contribution in [2.24, 2.45) is 76.4 Å². The van der Waals surface area contributed by atoms with Gasteiger partial charge in [0.1, 0.15) is 0 Å². The smallest absolute Gasteiger partial charge is 0.0162 e. The second kappa shape index (κ2) is 0.823. The highest BCUT2D eigenvalue weighted by Gasteiger charge is 3.08. The maximum Gasteiger partial charge on any atom is -0.0162 e. The first-order chi connectivity index (χ1) is 6.49. The molecule has 0 unspecified atom stereocenters. The Balaban J connectivity index is 1.78. The third-order valence-corrected chi connectivity index (χ3v) is 9.18. The maximum absolute atomic E-state index is 1.35. The Kier molecular flexibility index (Phi) is 0.296. The predicted octanol–water partition coefficient (Wildman–Crippen LogP) is 1.48. The molecule has 0 heteroatoms. The van der Waals surface area contributed by atoms with Crippen LogP contribution in [0.2, 0.25) is 0 Å². The van der Waals surface area contributed by atoms with E-state index < -0.39 is 0 Å². The van der Waals surface area contributed by atoms with Crippen LogP contribution < -0.4 is 0 Å². The van der Waals surface area contributed by atoms with E-state index in [0.29, 0.717) is 0 Å². The molecule has 11 saturated carbocycles. The van der Waals surface area contributed by atoms with Crippen LogP contribution in [0.15, 0.2) is 0 Å². The number of hydrogen-bond donors (Lipinski definition) is 0. The van der Waals surface area contributed by atoms with Gasteiger partial charge in [0.2, 0.25) is 0 Å². The summed E-state index contributed by atoms with van der Waals surface area (Å²) in [6.07, 6.45) is 0. The quantitative estimate of drug-likeness (QED) is 0.514. The molecule has 0 nitrogen and oxygen atoms in total. The van der Waals surface area contributed by atoms with Crippen molar-refractivity contribution in [1.82, 2.24) is 0 Å². The van der Waals surface area contributed by atoms with Crippen molar-refractivity contribution in [2.45, 2.75) is 0 Å². The molecule has 0 radical (unpaired) electrons. The molecule has 11 aliphatic rings. The molecular weight excluding hydrogens is 156 g/mol. The first-order valence-electron chi connectivity index (χ1n) is 6.49. The van der Waals surface area contributed by atoms with Gasteiger partial charge in [0.25, 0.3) is 0 Å². The Hall–Kier alpha value is 0. The minimum Gasteiger partial charge on any atom is -0.0309 e. The molecule has 0 N–H and O–H groups in total. The van der Waals surface area contributed by atoms with Crippen molar-refractivity contribution in [3.63, 3.8) is 0 Å². The normalized spacial score (nSPS) is 114. The van der Waals surface area contributed by atoms with Gasteiger partial charge in [0.15, 0.2) is 0 Å². The summed E-state index contributed by atoms with van der Waals surface area (Å²) in [4.78, 5) is 0. The average molecular weight is 168 g/mol. The lowest BCUT2D eigenvalue weighted by Crippen LogP contribution is -2.73. The van der Waals surface area contributed by atoms with E-state index in [2.05, 4.69) is 0 Å². The van der Waals surface area contributed by atoms with E-state index in [-0.39, 0.29) is 0 Å². The summed E-state index contributed by atoms with van der Waals surface area (Å²) in [6, 6.07) is 0. The van der Waals surface area contributed by atoms with Gasteiger partial charge >= 0.3 is 0 Å². The first kappa shape index (κ1) is 4.68. The third-order valence-electron chi connectivity index (χ3n) is 9.18. The first-order valence-corrected chi connectivity index (χ1v) is 6.49. The van der Waals surface area contributed by atoms with Crippen LogP contribution in [0.5, 0.6) is 0 Å². The van der Waals surface area contributed by atoms with Crippen LogP contribution in [-0.4, -0.2) is 0 Å². The molecule has 11 rings (SSSR count). The average Bonchev–Trinajstić information content (AvgIpc) is 2.62. The van der Waals surface area contributed by atoms with Gasteiger partial charge < -0.3 is 0 Å². The van der Waals surface area contributed by atoms with Crippen LogP contribution >= 0.6 is 0 Å². The van der Waals surface area contributed by atoms with Crippen molar-refractivity contribution in [3.8, 4) is 0 Å². The lowest BCUT2D eigenvalue weighted by molar-refractivity contribution is -0.297. The fourth-order valence-corrected chi connectivity index (χ4v) is 10.3. The van der Waals surface area contributed by atoms with E-state index >= 15 is 0 Å². The van der Waals surface area contributed by atoms with Gasteiger partial charge in [-0.25, -0.2) is 0 Å². The molecule has 11 aliphatic carbocycles. The van der Waals surface area contributed by atoms with Crippen LogP contribution in [0.1, 0.15) is 0 Å². The molecule has 0 saturated heterocycles. The molecular formula is C13H12. The predicted molar refractivity (Wildman–Crippen MR) is 44.3 cm³/mol. The van der Waals surface area contributed by atoms with Gasteiger partial charge in [0, 0.05) is 0 Å². The van der Waals surface area contributed by atoms with Gasteiger partial charge in [0.05, 0.1) is 0 Å². The summed E-state index contributed by atoms with van der Waals surface area (Å²) < 4.78 is 0. The maximum atomic E-state index is 1.35. The molecule has 64 valence electrons. The summed E-state index contributed by atoms with van der Waals surface area (Å²) >= 11 is 0. The zero-order valence-electron chi connectivity index (χ0n) is 7.43. The van der Waals surface area contributed by atoms with Crippen molar-refractivity contribution < 1.29 is 0 Å². The monoisotopic (exact) mass is 168 g/mol. The standard InChI is InChI=1S/C13H12/c1-2-6-8-4-3-7-5(1)10(2)13(9(1)6,11(4)7)12(3)8/h1-12H. The Morgan fingerprint density at radius 1 is 0.385 bits per heavy atom. The largest absolute Gasteiger partial charge is 0.0309 e. The fourth-order valence-electron chi connectivity index (χ4n) is 10.3. The zero-order valence-corrected chi connectivity index (χ0v) is 7.43. The Morgan fingerprint density at radius 2 is 0.615 bits per heavy atom. The molecule has 13 bridgehead atoms. The van der Waals surface area contributed by atoms with E-state index in [1.54, 1.807) is 0 Å². The van der Waals surface area contributed by atoms with Crippen molar-refractivity contribution in [1.29, 1.82) is 0 Å². The van der Waals surface area contributed by atoms with E-state index in [1.807, 2.05) is 0 Å². The Bertz CT molecular complexity index is 365. The second-order valence-electron chi connectivity index (χ2n) is 7.72. The topological polar surface area (TPSA) is 0 Å². The zero-order chi connectivity index (χ0) is 7.43. The number of hydrogen-bond acceptors (Lipinski definition) is 0. The molecule has 0 aromatic heterocycles. The highest BCUT2D eigenvalue weighted by atomic mass is 15.1. The van der Waals surface area contributed by atoms with Gasteiger partial charge in [-0.15, -0.1) is 0 Å². The van der Waals surface area contributed by atoms with Crippen molar-refractivity contribution >= 4 is 0 Å². The molecule has 13 heavy (non-hydrogen) atoms. The third kappa shape index (κ3) is 0.155. The second-order valence-corrected chi connectivity index (χ2v) is 7.72. The number of rotatable bonds is 0. The van der Waals surface area contributed by atoms with Gasteiger partial charge in [-0.1, -0.05) is 0 Å². The highest BCUT2D eigenvalue weighted by Crippen LogP contribution is 3.11. The Labute approximate surface area is 77.1 Å². The fraction of sp³-hybridized carbons (Fsp3) is 1.00. The minimum atomic E-state index is 1.09. The summed E-state index contributed by atoms with van der Waals surface area (Å²) in [5, 5.41) is 0. The summed E-state index contributed by atoms with van der Waals surface area (Å²) in [6.45, 7) is 0. The summed E-state index contributed by atoms with van der Waals surface area (Å²) in [5.74, 6) is 16.2. The van der Waals surface area contributed by atoms with Crippen LogP contribution in [0.3, 0.4) is 0 Å². The summed E-state index contributed by atoms with van der Waals surface area (Å²) in [7, 11) is 0. The summed E-state index contributed by atoms with van der Waals surface area (Å²) in [5.41, 5.74) is 1.09. The molecule has 0 aromatic rings. The van der Waals surface area contributed by atoms with E-state index in [1.165, 1.54) is 71.0 Å². The van der Waals surface area contributed by atoms with Gasteiger partial charge in [-0.3, -0.25) is 0 Å². The van der Waals surface area contributed by atoms with Crippen molar-refractivity contribution in [3.05, 3.63) is 0 Å². The molecule has 0 atom stereocenters. The molecule has 0 aliphatic heterocycles. The van der Waals surface area contributed by atoms with Crippen LogP contribution in [-0.2, 0) is 0 Å². The van der Waals surface area contributed by atoms with E-state index in [9.17, 15) is 0 Å². The Morgan fingerprint density at radius 3 is 0.846 bits per heavy atom. The molecule has 11 fully saturated rings. The molecule has 1 spiro atoms. The van der Waals surface area contributed by atoms with E-state index in [0.717, 1.165) is 5.41 Å². The SMILES string of the molecule is C12C3C4C5C6C7C8C1C3C(C24)(C75)C68. The highest BCUT2D eigenvalue weighted by molar-refractivity contribution is 5.54. The lowest BCUT2D eigenvalue weighted by atomic mass is 9.28. The van der Waals surface area contributed by atoms with E-state index in [4.69, 9.17) is 0 Å². The van der Waals surface area contributed by atoms with Crippen LogP contribution in [0.25, 0.3) is 0 Å².